The van der Waals surface area contributed by atoms with Gasteiger partial charge in [-0.05, 0) is 18.2 Å². The first-order valence-electron chi connectivity index (χ1n) is 5.93. The second kappa shape index (κ2) is 6.13. The summed E-state index contributed by atoms with van der Waals surface area (Å²) in [6.07, 6.45) is 4.00. The van der Waals surface area contributed by atoms with Crippen molar-refractivity contribution in [2.45, 2.75) is 13.0 Å². The van der Waals surface area contributed by atoms with Gasteiger partial charge in [-0.1, -0.05) is 29.3 Å². The smallest absolute Gasteiger partial charge is 0.222 e. The van der Waals surface area contributed by atoms with Crippen molar-refractivity contribution >= 4 is 40.0 Å². The molecule has 0 unspecified atom stereocenters. The number of fused-ring (bicyclic) bond motifs is 1. The molecule has 0 aliphatic carbocycles. The van der Waals surface area contributed by atoms with Crippen LogP contribution in [0.2, 0.25) is 10.0 Å². The third-order valence-electron chi connectivity index (χ3n) is 2.84. The van der Waals surface area contributed by atoms with Crippen LogP contribution in [0.15, 0.2) is 37.1 Å². The Labute approximate surface area is 121 Å². The number of halogens is 2. The molecule has 1 heterocycles. The number of hydrogen-bond acceptors (Lipinski definition) is 1. The molecule has 1 aromatic carbocycles. The van der Waals surface area contributed by atoms with Crippen LogP contribution in [0.1, 0.15) is 6.42 Å². The van der Waals surface area contributed by atoms with Gasteiger partial charge in [0.25, 0.3) is 0 Å². The minimum Gasteiger partial charge on any atom is -0.353 e. The Balaban J connectivity index is 2.11. The first-order chi connectivity index (χ1) is 9.11. The molecule has 0 saturated carbocycles. The molecule has 0 saturated heterocycles. The predicted molar refractivity (Wildman–Crippen MR) is 79.8 cm³/mol. The Hall–Kier alpha value is -1.45. The van der Waals surface area contributed by atoms with Crippen molar-refractivity contribution in [3.63, 3.8) is 0 Å². The Morgan fingerprint density at radius 1 is 1.37 bits per heavy atom. The molecule has 0 fully saturated rings. The number of rotatable bonds is 5. The molecule has 0 aliphatic heterocycles. The van der Waals surface area contributed by atoms with Crippen LogP contribution in [-0.2, 0) is 11.3 Å². The normalized spacial score (nSPS) is 10.6. The number of nitrogens with one attached hydrogen (secondary N) is 1. The van der Waals surface area contributed by atoms with E-state index in [1.165, 1.54) is 0 Å². The molecule has 19 heavy (non-hydrogen) atoms. The molecular weight excluding hydrogens is 283 g/mol. The van der Waals surface area contributed by atoms with E-state index in [9.17, 15) is 4.79 Å². The van der Waals surface area contributed by atoms with E-state index in [4.69, 9.17) is 23.2 Å². The molecule has 2 rings (SSSR count). The molecule has 1 aromatic heterocycles. The summed E-state index contributed by atoms with van der Waals surface area (Å²) in [7, 11) is 0. The number of carbonyl (C=O) groups is 1. The summed E-state index contributed by atoms with van der Waals surface area (Å²) in [5.74, 6) is 0.00168. The van der Waals surface area contributed by atoms with Gasteiger partial charge in [-0.3, -0.25) is 4.79 Å². The molecule has 2 aromatic rings. The van der Waals surface area contributed by atoms with E-state index in [1.54, 1.807) is 6.08 Å². The van der Waals surface area contributed by atoms with Crippen molar-refractivity contribution in [1.29, 1.82) is 0 Å². The summed E-state index contributed by atoms with van der Waals surface area (Å²) < 4.78 is 1.99. The zero-order valence-corrected chi connectivity index (χ0v) is 11.8. The maximum atomic E-state index is 11.5. The molecule has 1 amide bonds. The zero-order valence-electron chi connectivity index (χ0n) is 10.3. The van der Waals surface area contributed by atoms with Gasteiger partial charge in [-0.15, -0.1) is 6.58 Å². The van der Waals surface area contributed by atoms with Gasteiger partial charge in [0.15, 0.2) is 0 Å². The number of carbonyl (C=O) groups excluding carboxylic acids is 1. The van der Waals surface area contributed by atoms with E-state index < -0.39 is 0 Å². The lowest BCUT2D eigenvalue weighted by Crippen LogP contribution is -2.24. The van der Waals surface area contributed by atoms with Gasteiger partial charge in [-0.25, -0.2) is 0 Å². The van der Waals surface area contributed by atoms with Gasteiger partial charge in [0.2, 0.25) is 5.91 Å². The fourth-order valence-electron chi connectivity index (χ4n) is 1.88. The van der Waals surface area contributed by atoms with Gasteiger partial charge < -0.3 is 9.88 Å². The van der Waals surface area contributed by atoms with E-state index in [0.29, 0.717) is 29.6 Å². The third-order valence-corrected chi connectivity index (χ3v) is 3.56. The predicted octanol–water partition coefficient (Wildman–Crippen LogP) is 3.64. The maximum Gasteiger partial charge on any atom is 0.222 e. The monoisotopic (exact) mass is 296 g/mol. The fourth-order valence-corrected chi connectivity index (χ4v) is 2.21. The zero-order chi connectivity index (χ0) is 13.8. The molecule has 1 N–H and O–H groups in total. The average Bonchev–Trinajstić information content (AvgIpc) is 2.77. The highest BCUT2D eigenvalue weighted by Gasteiger charge is 2.07. The fraction of sp³-hybridized carbons (Fsp3) is 0.214. The largest absolute Gasteiger partial charge is 0.353 e. The second-order valence-electron chi connectivity index (χ2n) is 4.18. The second-order valence-corrected chi connectivity index (χ2v) is 4.99. The van der Waals surface area contributed by atoms with Crippen LogP contribution >= 0.6 is 23.2 Å². The quantitative estimate of drug-likeness (QED) is 0.840. The van der Waals surface area contributed by atoms with Crippen molar-refractivity contribution in [2.24, 2.45) is 0 Å². The van der Waals surface area contributed by atoms with Gasteiger partial charge >= 0.3 is 0 Å². The number of aromatic nitrogens is 1. The molecule has 100 valence electrons. The molecule has 0 atom stereocenters. The molecule has 0 radical (unpaired) electrons. The van der Waals surface area contributed by atoms with Crippen LogP contribution in [0.3, 0.4) is 0 Å². The highest BCUT2D eigenvalue weighted by molar-refractivity contribution is 6.42. The Bertz CT molecular complexity index is 619. The topological polar surface area (TPSA) is 34.0 Å². The van der Waals surface area contributed by atoms with E-state index in [1.807, 2.05) is 29.0 Å². The average molecular weight is 297 g/mol. The lowest BCUT2D eigenvalue weighted by molar-refractivity contribution is -0.121. The van der Waals surface area contributed by atoms with Crippen LogP contribution in [-0.4, -0.2) is 17.0 Å². The summed E-state index contributed by atoms with van der Waals surface area (Å²) in [5.41, 5.74) is 0.978. The molecule has 5 heteroatoms. The van der Waals surface area contributed by atoms with Crippen molar-refractivity contribution in [2.75, 3.05) is 6.54 Å². The number of hydrogen-bond donors (Lipinski definition) is 1. The minimum absolute atomic E-state index is 0.00168. The molecule has 0 aliphatic rings. The first kappa shape index (κ1) is 14.0. The Kier molecular flexibility index (Phi) is 4.51. The van der Waals surface area contributed by atoms with E-state index in [-0.39, 0.29) is 5.91 Å². The molecule has 3 nitrogen and oxygen atoms in total. The van der Waals surface area contributed by atoms with Crippen LogP contribution in [0.5, 0.6) is 0 Å². The van der Waals surface area contributed by atoms with Gasteiger partial charge in [0.1, 0.15) is 0 Å². The highest BCUT2D eigenvalue weighted by Crippen LogP contribution is 2.28. The standard InChI is InChI=1S/C14H14Cl2N2O/c1-2-5-17-14(19)4-7-18-6-3-10-8-11(15)12(16)9-13(10)18/h2-3,6,8-9H,1,4-5,7H2,(H,17,19). The Morgan fingerprint density at radius 3 is 2.84 bits per heavy atom. The number of aryl methyl sites for hydroxylation is 1. The summed E-state index contributed by atoms with van der Waals surface area (Å²) in [4.78, 5) is 11.5. The van der Waals surface area contributed by atoms with Crippen LogP contribution < -0.4 is 5.32 Å². The van der Waals surface area contributed by atoms with Crippen molar-refractivity contribution in [3.8, 4) is 0 Å². The molecule has 0 spiro atoms. The van der Waals surface area contributed by atoms with E-state index >= 15 is 0 Å². The SMILES string of the molecule is C=CCNC(=O)CCn1ccc2cc(Cl)c(Cl)cc21. The maximum absolute atomic E-state index is 11.5. The van der Waals surface area contributed by atoms with Crippen LogP contribution in [0.4, 0.5) is 0 Å². The summed E-state index contributed by atoms with van der Waals surface area (Å²) >= 11 is 12.0. The lowest BCUT2D eigenvalue weighted by atomic mass is 10.2. The summed E-state index contributed by atoms with van der Waals surface area (Å²) in [5, 5.41) is 4.82. The van der Waals surface area contributed by atoms with E-state index in [2.05, 4.69) is 11.9 Å². The molecule has 0 bridgehead atoms. The summed E-state index contributed by atoms with van der Waals surface area (Å²) in [6, 6.07) is 5.60. The summed E-state index contributed by atoms with van der Waals surface area (Å²) in [6.45, 7) is 4.65. The molecular formula is C14H14Cl2N2O. The van der Waals surface area contributed by atoms with Gasteiger partial charge in [0, 0.05) is 36.6 Å². The number of benzene rings is 1. The van der Waals surface area contributed by atoms with Crippen molar-refractivity contribution in [1.82, 2.24) is 9.88 Å². The highest BCUT2D eigenvalue weighted by atomic mass is 35.5. The third kappa shape index (κ3) is 3.31. The number of nitrogens with zero attached hydrogens (tertiary/aromatic N) is 1. The lowest BCUT2D eigenvalue weighted by Gasteiger charge is -2.06. The van der Waals surface area contributed by atoms with Crippen molar-refractivity contribution in [3.05, 3.63) is 47.1 Å². The van der Waals surface area contributed by atoms with Crippen LogP contribution in [0.25, 0.3) is 10.9 Å². The van der Waals surface area contributed by atoms with Gasteiger partial charge in [0.05, 0.1) is 10.0 Å². The Morgan fingerprint density at radius 2 is 2.11 bits per heavy atom. The minimum atomic E-state index is 0.00168. The van der Waals surface area contributed by atoms with Crippen LogP contribution in [0, 0.1) is 0 Å². The first-order valence-corrected chi connectivity index (χ1v) is 6.69. The van der Waals surface area contributed by atoms with Crippen molar-refractivity contribution < 1.29 is 4.79 Å². The van der Waals surface area contributed by atoms with Gasteiger partial charge in [-0.2, -0.15) is 0 Å². The van der Waals surface area contributed by atoms with E-state index in [0.717, 1.165) is 10.9 Å². The number of amides is 1.